The zero-order valence-corrected chi connectivity index (χ0v) is 10.7. The Balaban J connectivity index is 1.98. The Labute approximate surface area is 111 Å². The molecular weight excluding hydrogens is 242 g/mol. The van der Waals surface area contributed by atoms with Gasteiger partial charge in [-0.15, -0.1) is 0 Å². The van der Waals surface area contributed by atoms with E-state index < -0.39 is 0 Å². The Kier molecular flexibility index (Phi) is 4.07. The van der Waals surface area contributed by atoms with Crippen molar-refractivity contribution in [2.24, 2.45) is 0 Å². The number of hydrogen-bond donors (Lipinski definition) is 1. The van der Waals surface area contributed by atoms with E-state index in [4.69, 9.17) is 0 Å². The Morgan fingerprint density at radius 3 is 2.68 bits per heavy atom. The summed E-state index contributed by atoms with van der Waals surface area (Å²) in [7, 11) is 0. The molecule has 2 aromatic rings. The molecular formula is C14H15N3O2. The van der Waals surface area contributed by atoms with Crippen LogP contribution in [0.25, 0.3) is 0 Å². The molecule has 1 heterocycles. The van der Waals surface area contributed by atoms with Crippen LogP contribution in [0.3, 0.4) is 0 Å². The van der Waals surface area contributed by atoms with Crippen LogP contribution in [0.5, 0.6) is 0 Å². The van der Waals surface area contributed by atoms with Gasteiger partial charge in [-0.3, -0.25) is 15.1 Å². The predicted octanol–water partition coefficient (Wildman–Crippen LogP) is 2.95. The van der Waals surface area contributed by atoms with Gasteiger partial charge in [0.15, 0.2) is 0 Å². The molecule has 0 saturated carbocycles. The number of nitrogens with one attached hydrogen (secondary N) is 1. The number of benzene rings is 1. The van der Waals surface area contributed by atoms with E-state index in [1.807, 2.05) is 25.1 Å². The van der Waals surface area contributed by atoms with E-state index in [9.17, 15) is 10.1 Å². The van der Waals surface area contributed by atoms with Crippen molar-refractivity contribution in [2.45, 2.75) is 13.3 Å². The van der Waals surface area contributed by atoms with Crippen LogP contribution in [0, 0.1) is 17.0 Å². The van der Waals surface area contributed by atoms with Gasteiger partial charge in [0, 0.05) is 36.8 Å². The zero-order valence-electron chi connectivity index (χ0n) is 10.7. The number of nitro benzene ring substituents is 1. The standard InChI is InChI=1S/C14H15N3O2/c1-11-8-13(10-14(9-11)17(18)19)16-7-4-12-2-5-15-6-3-12/h2-3,5-6,8-10,16H,4,7H2,1H3. The molecule has 0 radical (unpaired) electrons. The number of aryl methyl sites for hydroxylation is 1. The molecule has 0 aliphatic rings. The molecule has 0 spiro atoms. The maximum atomic E-state index is 10.8. The fourth-order valence-electron chi connectivity index (χ4n) is 1.87. The highest BCUT2D eigenvalue weighted by atomic mass is 16.6. The average molecular weight is 257 g/mol. The van der Waals surface area contributed by atoms with Crippen molar-refractivity contribution in [2.75, 3.05) is 11.9 Å². The van der Waals surface area contributed by atoms with Crippen molar-refractivity contribution >= 4 is 11.4 Å². The SMILES string of the molecule is Cc1cc(NCCc2ccncc2)cc([N+](=O)[O-])c1. The predicted molar refractivity (Wildman–Crippen MR) is 74.3 cm³/mol. The van der Waals surface area contributed by atoms with Gasteiger partial charge in [0.1, 0.15) is 0 Å². The lowest BCUT2D eigenvalue weighted by Crippen LogP contribution is -2.05. The molecule has 5 heteroatoms. The second kappa shape index (κ2) is 5.95. The third-order valence-electron chi connectivity index (χ3n) is 2.77. The molecule has 0 aliphatic carbocycles. The topological polar surface area (TPSA) is 68.1 Å². The van der Waals surface area contributed by atoms with E-state index in [0.29, 0.717) is 0 Å². The van der Waals surface area contributed by atoms with Gasteiger partial charge in [0.2, 0.25) is 0 Å². The summed E-state index contributed by atoms with van der Waals surface area (Å²) >= 11 is 0. The number of pyridine rings is 1. The highest BCUT2D eigenvalue weighted by molar-refractivity contribution is 5.53. The molecule has 0 bridgehead atoms. The minimum absolute atomic E-state index is 0.117. The summed E-state index contributed by atoms with van der Waals surface area (Å²) in [5.41, 5.74) is 2.96. The van der Waals surface area contributed by atoms with Crippen molar-refractivity contribution in [3.05, 3.63) is 64.0 Å². The molecule has 1 aromatic heterocycles. The summed E-state index contributed by atoms with van der Waals surface area (Å²) in [5, 5.41) is 14.0. The molecule has 0 amide bonds. The normalized spacial score (nSPS) is 10.2. The number of rotatable bonds is 5. The van der Waals surface area contributed by atoms with Crippen molar-refractivity contribution in [1.82, 2.24) is 4.98 Å². The average Bonchev–Trinajstić information content (AvgIpc) is 2.39. The van der Waals surface area contributed by atoms with Crippen molar-refractivity contribution in [3.8, 4) is 0 Å². The van der Waals surface area contributed by atoms with Crippen molar-refractivity contribution in [3.63, 3.8) is 0 Å². The maximum Gasteiger partial charge on any atom is 0.271 e. The molecule has 0 unspecified atom stereocenters. The first kappa shape index (κ1) is 13.0. The van der Waals surface area contributed by atoms with E-state index in [1.165, 1.54) is 5.56 Å². The van der Waals surface area contributed by atoms with Gasteiger partial charge in [-0.2, -0.15) is 0 Å². The Bertz CT molecular complexity index is 570. The van der Waals surface area contributed by atoms with Gasteiger partial charge < -0.3 is 5.32 Å². The van der Waals surface area contributed by atoms with Gasteiger partial charge >= 0.3 is 0 Å². The minimum atomic E-state index is -0.374. The number of nitrogens with zero attached hydrogens (tertiary/aromatic N) is 2. The molecule has 0 saturated heterocycles. The van der Waals surface area contributed by atoms with E-state index in [1.54, 1.807) is 24.5 Å². The van der Waals surface area contributed by atoms with Crippen LogP contribution in [0.2, 0.25) is 0 Å². The second-order valence-corrected chi connectivity index (χ2v) is 4.35. The van der Waals surface area contributed by atoms with E-state index in [-0.39, 0.29) is 10.6 Å². The van der Waals surface area contributed by atoms with Crippen molar-refractivity contribution < 1.29 is 4.92 Å². The second-order valence-electron chi connectivity index (χ2n) is 4.35. The first-order valence-electron chi connectivity index (χ1n) is 6.04. The van der Waals surface area contributed by atoms with E-state index in [2.05, 4.69) is 10.3 Å². The highest BCUT2D eigenvalue weighted by Gasteiger charge is 2.07. The number of nitro groups is 1. The Morgan fingerprint density at radius 1 is 1.26 bits per heavy atom. The van der Waals surface area contributed by atoms with Crippen LogP contribution in [0.4, 0.5) is 11.4 Å². The first-order valence-corrected chi connectivity index (χ1v) is 6.04. The van der Waals surface area contributed by atoms with Crippen LogP contribution in [-0.2, 0) is 6.42 Å². The van der Waals surface area contributed by atoms with Crippen LogP contribution in [0.15, 0.2) is 42.7 Å². The summed E-state index contributed by atoms with van der Waals surface area (Å²) in [6, 6.07) is 8.94. The lowest BCUT2D eigenvalue weighted by atomic mass is 10.1. The minimum Gasteiger partial charge on any atom is -0.385 e. The lowest BCUT2D eigenvalue weighted by molar-refractivity contribution is -0.384. The lowest BCUT2D eigenvalue weighted by Gasteiger charge is -2.07. The van der Waals surface area contributed by atoms with Gasteiger partial charge in [-0.05, 0) is 42.7 Å². The fraction of sp³-hybridized carbons (Fsp3) is 0.214. The first-order chi connectivity index (χ1) is 9.15. The molecule has 0 aliphatic heterocycles. The van der Waals surface area contributed by atoms with Gasteiger partial charge in [0.05, 0.1) is 4.92 Å². The number of aromatic nitrogens is 1. The molecule has 2 rings (SSSR count). The van der Waals surface area contributed by atoms with E-state index in [0.717, 1.165) is 24.2 Å². The molecule has 98 valence electrons. The maximum absolute atomic E-state index is 10.8. The van der Waals surface area contributed by atoms with Crippen LogP contribution in [-0.4, -0.2) is 16.5 Å². The summed E-state index contributed by atoms with van der Waals surface area (Å²) in [6.07, 6.45) is 4.37. The monoisotopic (exact) mass is 257 g/mol. The fourth-order valence-corrected chi connectivity index (χ4v) is 1.87. The Morgan fingerprint density at radius 2 is 2.00 bits per heavy atom. The Hall–Kier alpha value is -2.43. The number of non-ortho nitro benzene ring substituents is 1. The third-order valence-corrected chi connectivity index (χ3v) is 2.77. The molecule has 0 fully saturated rings. The van der Waals surface area contributed by atoms with Crippen LogP contribution >= 0.6 is 0 Å². The number of hydrogen-bond acceptors (Lipinski definition) is 4. The van der Waals surface area contributed by atoms with Gasteiger partial charge in [-0.25, -0.2) is 0 Å². The number of anilines is 1. The quantitative estimate of drug-likeness (QED) is 0.660. The molecule has 5 nitrogen and oxygen atoms in total. The van der Waals surface area contributed by atoms with Crippen LogP contribution < -0.4 is 5.32 Å². The molecule has 19 heavy (non-hydrogen) atoms. The highest BCUT2D eigenvalue weighted by Crippen LogP contribution is 2.20. The molecule has 1 N–H and O–H groups in total. The molecule has 0 atom stereocenters. The third kappa shape index (κ3) is 3.77. The van der Waals surface area contributed by atoms with E-state index >= 15 is 0 Å². The molecule has 1 aromatic carbocycles. The van der Waals surface area contributed by atoms with Gasteiger partial charge in [-0.1, -0.05) is 0 Å². The zero-order chi connectivity index (χ0) is 13.7. The smallest absolute Gasteiger partial charge is 0.271 e. The summed E-state index contributed by atoms with van der Waals surface area (Å²) in [6.45, 7) is 2.58. The summed E-state index contributed by atoms with van der Waals surface area (Å²) in [5.74, 6) is 0. The van der Waals surface area contributed by atoms with Crippen molar-refractivity contribution in [1.29, 1.82) is 0 Å². The largest absolute Gasteiger partial charge is 0.385 e. The summed E-state index contributed by atoms with van der Waals surface area (Å²) < 4.78 is 0. The van der Waals surface area contributed by atoms with Gasteiger partial charge in [0.25, 0.3) is 5.69 Å². The van der Waals surface area contributed by atoms with Crippen LogP contribution in [0.1, 0.15) is 11.1 Å². The summed E-state index contributed by atoms with van der Waals surface area (Å²) in [4.78, 5) is 14.4.